The van der Waals surface area contributed by atoms with Crippen molar-refractivity contribution in [3.63, 3.8) is 0 Å². The lowest BCUT2D eigenvalue weighted by atomic mass is 10.0. The maximum Gasteiger partial charge on any atom is 0.319 e. The molecule has 3 rings (SSSR count). The lowest BCUT2D eigenvalue weighted by molar-refractivity contribution is -0.145. The Balaban J connectivity index is 1.70. The molecule has 0 saturated carbocycles. The van der Waals surface area contributed by atoms with Crippen molar-refractivity contribution in [3.8, 4) is 0 Å². The topological polar surface area (TPSA) is 66.9 Å². The highest BCUT2D eigenvalue weighted by Gasteiger charge is 2.34. The maximum atomic E-state index is 13.3. The van der Waals surface area contributed by atoms with E-state index in [4.69, 9.17) is 27.9 Å². The van der Waals surface area contributed by atoms with E-state index in [2.05, 4.69) is 11.8 Å². The molecule has 2 aromatic rings. The molecule has 34 heavy (non-hydrogen) atoms. The molecule has 0 spiro atoms. The summed E-state index contributed by atoms with van der Waals surface area (Å²) >= 11 is 12.5. The Morgan fingerprint density at radius 1 is 1.12 bits per heavy atom. The van der Waals surface area contributed by atoms with Crippen LogP contribution in [-0.4, -0.2) is 58.0 Å². The number of halogens is 2. The Labute approximate surface area is 213 Å². The first-order valence-corrected chi connectivity index (χ1v) is 13.4. The van der Waals surface area contributed by atoms with E-state index in [1.165, 1.54) is 6.07 Å². The molecule has 2 aromatic carbocycles. The monoisotopic (exact) mass is 524 g/mol. The average molecular weight is 525 g/mol. The summed E-state index contributed by atoms with van der Waals surface area (Å²) in [7, 11) is -1.66. The molecule has 1 heterocycles. The standard InChI is InChI=1S/C25H30Cl2N2O4S/c1-5-16(2)33-24(30)15-34(32)23-10-9-19(13-22(23)27)25(31)29-12-11-28(17(3)18(29)4)21-8-6-7-20(26)14-21/h6-10,13-14,16-18H,5,11-12,15H2,1-4H3/t16?,17-,18-,34?/m1/s1. The average Bonchev–Trinajstić information content (AvgIpc) is 2.79. The van der Waals surface area contributed by atoms with Gasteiger partial charge in [0.25, 0.3) is 5.91 Å². The first-order valence-electron chi connectivity index (χ1n) is 11.3. The van der Waals surface area contributed by atoms with E-state index in [0.717, 1.165) is 5.69 Å². The largest absolute Gasteiger partial charge is 0.462 e. The van der Waals surface area contributed by atoms with Gasteiger partial charge in [0.05, 0.1) is 26.8 Å². The number of benzene rings is 2. The van der Waals surface area contributed by atoms with E-state index in [1.807, 2.05) is 43.0 Å². The molecule has 0 bridgehead atoms. The third-order valence-electron chi connectivity index (χ3n) is 6.24. The number of rotatable bonds is 7. The number of ether oxygens (including phenoxy) is 1. The van der Waals surface area contributed by atoms with Gasteiger partial charge in [-0.3, -0.25) is 13.8 Å². The zero-order chi connectivity index (χ0) is 25.0. The van der Waals surface area contributed by atoms with Crippen molar-refractivity contribution in [1.29, 1.82) is 0 Å². The number of anilines is 1. The van der Waals surface area contributed by atoms with Crippen LogP contribution in [0.15, 0.2) is 47.4 Å². The minimum atomic E-state index is -1.66. The van der Waals surface area contributed by atoms with Crippen molar-refractivity contribution in [1.82, 2.24) is 4.90 Å². The van der Waals surface area contributed by atoms with Crippen LogP contribution in [0.5, 0.6) is 0 Å². The van der Waals surface area contributed by atoms with Crippen molar-refractivity contribution in [2.75, 3.05) is 23.7 Å². The Kier molecular flexibility index (Phi) is 9.01. The van der Waals surface area contributed by atoms with Crippen molar-refractivity contribution in [2.24, 2.45) is 0 Å². The third-order valence-corrected chi connectivity index (χ3v) is 8.25. The molecule has 6 nitrogen and oxygen atoms in total. The highest BCUT2D eigenvalue weighted by Crippen LogP contribution is 2.28. The summed E-state index contributed by atoms with van der Waals surface area (Å²) in [4.78, 5) is 29.7. The summed E-state index contributed by atoms with van der Waals surface area (Å²) in [5.74, 6) is -0.957. The SMILES string of the molecule is CCC(C)OC(=O)CS(=O)c1ccc(C(=O)N2CCN(c3cccc(Cl)c3)[C@H](C)[C@H]2C)cc1Cl. The second-order valence-electron chi connectivity index (χ2n) is 8.50. The van der Waals surface area contributed by atoms with Crippen molar-refractivity contribution in [2.45, 2.75) is 57.2 Å². The number of esters is 1. The predicted octanol–water partition coefficient (Wildman–Crippen LogP) is 5.18. The van der Waals surface area contributed by atoms with Gasteiger partial charge in [0.2, 0.25) is 0 Å². The number of carbonyl (C=O) groups is 2. The zero-order valence-corrected chi connectivity index (χ0v) is 22.1. The molecule has 1 amide bonds. The number of hydrogen-bond donors (Lipinski definition) is 0. The van der Waals surface area contributed by atoms with Crippen LogP contribution in [0.3, 0.4) is 0 Å². The van der Waals surface area contributed by atoms with Crippen LogP contribution in [-0.2, 0) is 20.3 Å². The van der Waals surface area contributed by atoms with E-state index in [9.17, 15) is 13.8 Å². The van der Waals surface area contributed by atoms with Gasteiger partial charge in [-0.1, -0.05) is 36.2 Å². The Morgan fingerprint density at radius 2 is 1.85 bits per heavy atom. The van der Waals surface area contributed by atoms with Gasteiger partial charge in [-0.05, 0) is 63.6 Å². The van der Waals surface area contributed by atoms with E-state index in [-0.39, 0.29) is 34.9 Å². The highest BCUT2D eigenvalue weighted by molar-refractivity contribution is 7.85. The first kappa shape index (κ1) is 26.5. The molecule has 1 aliphatic heterocycles. The van der Waals surface area contributed by atoms with Crippen LogP contribution in [0, 0.1) is 0 Å². The van der Waals surface area contributed by atoms with Crippen LogP contribution in [0.25, 0.3) is 0 Å². The molecule has 1 saturated heterocycles. The highest BCUT2D eigenvalue weighted by atomic mass is 35.5. The quantitative estimate of drug-likeness (QED) is 0.466. The second kappa shape index (κ2) is 11.6. The summed E-state index contributed by atoms with van der Waals surface area (Å²) in [5, 5.41) is 0.870. The van der Waals surface area contributed by atoms with Gasteiger partial charge in [0.1, 0.15) is 5.75 Å². The number of carbonyl (C=O) groups excluding carboxylic acids is 2. The normalized spacial score (nSPS) is 20.1. The second-order valence-corrected chi connectivity index (χ2v) is 10.8. The first-order chi connectivity index (χ1) is 16.1. The van der Waals surface area contributed by atoms with E-state index in [1.54, 1.807) is 19.1 Å². The number of amides is 1. The van der Waals surface area contributed by atoms with Gasteiger partial charge in [-0.25, -0.2) is 0 Å². The van der Waals surface area contributed by atoms with Crippen molar-refractivity contribution in [3.05, 3.63) is 58.1 Å². The minimum absolute atomic E-state index is 0.0526. The van der Waals surface area contributed by atoms with Gasteiger partial charge in [0.15, 0.2) is 0 Å². The van der Waals surface area contributed by atoms with Crippen LogP contribution in [0.2, 0.25) is 10.0 Å². The van der Waals surface area contributed by atoms with Gasteiger partial charge >= 0.3 is 5.97 Å². The summed E-state index contributed by atoms with van der Waals surface area (Å²) in [6, 6.07) is 12.4. The Hall–Kier alpha value is -2.09. The molecule has 0 N–H and O–H groups in total. The molecule has 2 unspecified atom stereocenters. The van der Waals surface area contributed by atoms with Crippen LogP contribution >= 0.6 is 23.2 Å². The molecular formula is C25H30Cl2N2O4S. The van der Waals surface area contributed by atoms with Crippen LogP contribution in [0.1, 0.15) is 44.5 Å². The minimum Gasteiger partial charge on any atom is -0.462 e. The van der Waals surface area contributed by atoms with Gasteiger partial charge in [-0.2, -0.15) is 0 Å². The smallest absolute Gasteiger partial charge is 0.319 e. The Morgan fingerprint density at radius 3 is 2.50 bits per heavy atom. The third kappa shape index (κ3) is 6.12. The fourth-order valence-electron chi connectivity index (χ4n) is 3.96. The van der Waals surface area contributed by atoms with Gasteiger partial charge < -0.3 is 14.5 Å². The lowest BCUT2D eigenvalue weighted by Gasteiger charge is -2.46. The summed E-state index contributed by atoms with van der Waals surface area (Å²) in [5.41, 5.74) is 1.45. The molecule has 9 heteroatoms. The van der Waals surface area contributed by atoms with Crippen LogP contribution < -0.4 is 4.90 Å². The molecule has 0 aliphatic carbocycles. The van der Waals surface area contributed by atoms with E-state index in [0.29, 0.717) is 35.0 Å². The fourth-order valence-corrected chi connectivity index (χ4v) is 5.52. The molecule has 0 aromatic heterocycles. The summed E-state index contributed by atoms with van der Waals surface area (Å²) in [6.07, 6.45) is 0.448. The number of piperazine rings is 1. The van der Waals surface area contributed by atoms with Crippen LogP contribution in [0.4, 0.5) is 5.69 Å². The van der Waals surface area contributed by atoms with Gasteiger partial charge in [-0.15, -0.1) is 0 Å². The maximum absolute atomic E-state index is 13.3. The number of nitrogens with zero attached hydrogens (tertiary/aromatic N) is 2. The molecular weight excluding hydrogens is 495 g/mol. The molecule has 184 valence electrons. The van der Waals surface area contributed by atoms with E-state index >= 15 is 0 Å². The van der Waals surface area contributed by atoms with E-state index < -0.39 is 16.8 Å². The van der Waals surface area contributed by atoms with Crippen molar-refractivity contribution >= 4 is 51.6 Å². The van der Waals surface area contributed by atoms with Gasteiger partial charge in [0, 0.05) is 41.4 Å². The summed E-state index contributed by atoms with van der Waals surface area (Å²) < 4.78 is 17.8. The molecule has 1 fully saturated rings. The lowest BCUT2D eigenvalue weighted by Crippen LogP contribution is -2.59. The molecule has 0 radical (unpaired) electrons. The molecule has 1 aliphatic rings. The fraction of sp³-hybridized carbons (Fsp3) is 0.440. The Bertz CT molecular complexity index is 1080. The summed E-state index contributed by atoms with van der Waals surface area (Å²) in [6.45, 7) is 9.01. The molecule has 4 atom stereocenters. The number of hydrogen-bond acceptors (Lipinski definition) is 5. The zero-order valence-electron chi connectivity index (χ0n) is 19.8. The van der Waals surface area contributed by atoms with Crippen molar-refractivity contribution < 1.29 is 18.5 Å². The predicted molar refractivity (Wildman–Crippen MR) is 137 cm³/mol.